The van der Waals surface area contributed by atoms with Gasteiger partial charge in [0.1, 0.15) is 0 Å². The smallest absolute Gasteiger partial charge is 0.311 e. The SMILES string of the molecule is COc1ccc(CN(C)C(=O)[C@@H]2C[C@H]3CCCCN3C2)cc1[N+](=O)[O-]. The zero-order chi connectivity index (χ0) is 18.0. The van der Waals surface area contributed by atoms with E-state index in [-0.39, 0.29) is 23.3 Å². The number of amides is 1. The number of rotatable bonds is 5. The highest BCUT2D eigenvalue weighted by Crippen LogP contribution is 2.32. The summed E-state index contributed by atoms with van der Waals surface area (Å²) in [5, 5.41) is 11.1. The largest absolute Gasteiger partial charge is 0.490 e. The fourth-order valence-corrected chi connectivity index (χ4v) is 4.07. The van der Waals surface area contributed by atoms with Crippen LogP contribution in [-0.4, -0.2) is 53.9 Å². The van der Waals surface area contributed by atoms with E-state index in [0.717, 1.165) is 25.1 Å². The Morgan fingerprint density at radius 1 is 1.44 bits per heavy atom. The Kier molecular flexibility index (Phi) is 5.22. The summed E-state index contributed by atoms with van der Waals surface area (Å²) < 4.78 is 5.02. The fourth-order valence-electron chi connectivity index (χ4n) is 4.07. The molecule has 0 spiro atoms. The van der Waals surface area contributed by atoms with Gasteiger partial charge < -0.3 is 9.64 Å². The third-order valence-corrected chi connectivity index (χ3v) is 5.35. The molecule has 2 heterocycles. The number of hydrogen-bond donors (Lipinski definition) is 0. The van der Waals surface area contributed by atoms with Gasteiger partial charge in [0.05, 0.1) is 18.0 Å². The second-order valence-electron chi connectivity index (χ2n) is 7.03. The number of hydrogen-bond acceptors (Lipinski definition) is 5. The first-order chi connectivity index (χ1) is 12.0. The maximum absolute atomic E-state index is 12.8. The molecular weight excluding hydrogens is 322 g/mol. The van der Waals surface area contributed by atoms with Crippen molar-refractivity contribution in [3.05, 3.63) is 33.9 Å². The minimum Gasteiger partial charge on any atom is -0.490 e. The molecule has 0 unspecified atom stereocenters. The van der Waals surface area contributed by atoms with Crippen molar-refractivity contribution in [2.24, 2.45) is 5.92 Å². The minimum atomic E-state index is -0.459. The number of ether oxygens (including phenoxy) is 1. The van der Waals surface area contributed by atoms with E-state index in [4.69, 9.17) is 4.74 Å². The summed E-state index contributed by atoms with van der Waals surface area (Å²) in [6.45, 7) is 2.31. The molecule has 136 valence electrons. The molecule has 0 aliphatic carbocycles. The van der Waals surface area contributed by atoms with Crippen LogP contribution in [0.5, 0.6) is 5.75 Å². The topological polar surface area (TPSA) is 75.9 Å². The van der Waals surface area contributed by atoms with Crippen molar-refractivity contribution in [3.8, 4) is 5.75 Å². The molecule has 1 aromatic rings. The van der Waals surface area contributed by atoms with Crippen LogP contribution in [0.3, 0.4) is 0 Å². The van der Waals surface area contributed by atoms with Gasteiger partial charge in [0.15, 0.2) is 5.75 Å². The molecule has 2 aliphatic heterocycles. The second-order valence-corrected chi connectivity index (χ2v) is 7.03. The molecular formula is C18H25N3O4. The first-order valence-electron chi connectivity index (χ1n) is 8.80. The lowest BCUT2D eigenvalue weighted by atomic mass is 9.99. The van der Waals surface area contributed by atoms with Gasteiger partial charge in [-0.2, -0.15) is 0 Å². The highest BCUT2D eigenvalue weighted by Gasteiger charge is 2.38. The number of carbonyl (C=O) groups is 1. The van der Waals surface area contributed by atoms with Gasteiger partial charge in [-0.1, -0.05) is 12.5 Å². The van der Waals surface area contributed by atoms with Crippen LogP contribution in [0.15, 0.2) is 18.2 Å². The normalized spacial score (nSPS) is 23.1. The lowest BCUT2D eigenvalue weighted by Crippen LogP contribution is -2.36. The summed E-state index contributed by atoms with van der Waals surface area (Å²) in [5.74, 6) is 0.407. The van der Waals surface area contributed by atoms with Crippen LogP contribution in [0.4, 0.5) is 5.69 Å². The average Bonchev–Trinajstić information content (AvgIpc) is 3.04. The van der Waals surface area contributed by atoms with E-state index in [1.807, 2.05) is 0 Å². The molecule has 2 saturated heterocycles. The van der Waals surface area contributed by atoms with Gasteiger partial charge in [-0.3, -0.25) is 19.8 Å². The summed E-state index contributed by atoms with van der Waals surface area (Å²) in [5.41, 5.74) is 0.665. The molecule has 2 aliphatic rings. The van der Waals surface area contributed by atoms with Gasteiger partial charge >= 0.3 is 5.69 Å². The third-order valence-electron chi connectivity index (χ3n) is 5.35. The number of nitrogens with zero attached hydrogens (tertiary/aromatic N) is 3. The highest BCUT2D eigenvalue weighted by atomic mass is 16.6. The summed E-state index contributed by atoms with van der Waals surface area (Å²) in [7, 11) is 3.18. The molecule has 1 aromatic carbocycles. The van der Waals surface area contributed by atoms with Crippen LogP contribution in [0.2, 0.25) is 0 Å². The maximum atomic E-state index is 12.8. The Morgan fingerprint density at radius 3 is 2.92 bits per heavy atom. The van der Waals surface area contributed by atoms with Crippen LogP contribution >= 0.6 is 0 Å². The van der Waals surface area contributed by atoms with Crippen molar-refractivity contribution >= 4 is 11.6 Å². The molecule has 1 amide bonds. The molecule has 0 N–H and O–H groups in total. The van der Waals surface area contributed by atoms with E-state index in [9.17, 15) is 14.9 Å². The van der Waals surface area contributed by atoms with Crippen LogP contribution < -0.4 is 4.74 Å². The molecule has 2 fully saturated rings. The second kappa shape index (κ2) is 7.39. The van der Waals surface area contributed by atoms with E-state index in [1.165, 1.54) is 32.4 Å². The molecule has 3 rings (SSSR count). The number of nitro groups is 1. The summed E-state index contributed by atoms with van der Waals surface area (Å²) in [6, 6.07) is 5.40. The Hall–Kier alpha value is -2.15. The Labute approximate surface area is 147 Å². The number of piperidine rings is 1. The molecule has 25 heavy (non-hydrogen) atoms. The average molecular weight is 347 g/mol. The Balaban J connectivity index is 1.65. The Bertz CT molecular complexity index is 650. The summed E-state index contributed by atoms with van der Waals surface area (Å²) >= 11 is 0. The first kappa shape index (κ1) is 17.7. The van der Waals surface area contributed by atoms with E-state index in [0.29, 0.717) is 12.6 Å². The van der Waals surface area contributed by atoms with Crippen molar-refractivity contribution < 1.29 is 14.5 Å². The lowest BCUT2D eigenvalue weighted by Gasteiger charge is -2.28. The predicted octanol–water partition coefficient (Wildman–Crippen LogP) is 2.44. The number of benzene rings is 1. The van der Waals surface area contributed by atoms with Crippen LogP contribution in [0, 0.1) is 16.0 Å². The molecule has 2 atom stereocenters. The number of methoxy groups -OCH3 is 1. The summed E-state index contributed by atoms with van der Waals surface area (Å²) in [6.07, 6.45) is 4.61. The molecule has 0 radical (unpaired) electrons. The van der Waals surface area contributed by atoms with Crippen LogP contribution in [0.1, 0.15) is 31.2 Å². The van der Waals surface area contributed by atoms with Crippen molar-refractivity contribution in [1.82, 2.24) is 9.80 Å². The molecule has 0 saturated carbocycles. The fraction of sp³-hybridized carbons (Fsp3) is 0.611. The molecule has 7 heteroatoms. The van der Waals surface area contributed by atoms with E-state index in [1.54, 1.807) is 24.1 Å². The van der Waals surface area contributed by atoms with E-state index >= 15 is 0 Å². The molecule has 0 aromatic heterocycles. The monoisotopic (exact) mass is 347 g/mol. The van der Waals surface area contributed by atoms with Gasteiger partial charge in [0.2, 0.25) is 5.91 Å². The van der Waals surface area contributed by atoms with Crippen molar-refractivity contribution in [2.45, 2.75) is 38.3 Å². The van der Waals surface area contributed by atoms with E-state index in [2.05, 4.69) is 4.90 Å². The number of carbonyl (C=O) groups excluding carboxylic acids is 1. The minimum absolute atomic E-state index is 0.0429. The third kappa shape index (κ3) is 3.76. The molecule has 7 nitrogen and oxygen atoms in total. The van der Waals surface area contributed by atoms with Crippen molar-refractivity contribution in [2.75, 3.05) is 27.2 Å². The Morgan fingerprint density at radius 2 is 2.24 bits per heavy atom. The van der Waals surface area contributed by atoms with Gasteiger partial charge in [-0.15, -0.1) is 0 Å². The van der Waals surface area contributed by atoms with Crippen molar-refractivity contribution in [1.29, 1.82) is 0 Å². The zero-order valence-electron chi connectivity index (χ0n) is 14.8. The van der Waals surface area contributed by atoms with Crippen LogP contribution in [-0.2, 0) is 11.3 Å². The zero-order valence-corrected chi connectivity index (χ0v) is 14.8. The highest BCUT2D eigenvalue weighted by molar-refractivity contribution is 5.79. The standard InChI is InChI=1S/C18H25N3O4/c1-19(11-13-6-7-17(25-2)16(9-13)21(23)24)18(22)14-10-15-5-3-4-8-20(15)12-14/h6-7,9,14-15H,3-5,8,10-12H2,1-2H3/t14-,15-/m1/s1. The summed E-state index contributed by atoms with van der Waals surface area (Å²) in [4.78, 5) is 27.6. The van der Waals surface area contributed by atoms with Gasteiger partial charge in [0, 0.05) is 32.2 Å². The van der Waals surface area contributed by atoms with Gasteiger partial charge in [0.25, 0.3) is 0 Å². The van der Waals surface area contributed by atoms with Crippen LogP contribution in [0.25, 0.3) is 0 Å². The number of fused-ring (bicyclic) bond motifs is 1. The molecule has 0 bridgehead atoms. The number of nitro benzene ring substituents is 1. The van der Waals surface area contributed by atoms with E-state index < -0.39 is 4.92 Å². The van der Waals surface area contributed by atoms with Crippen molar-refractivity contribution in [3.63, 3.8) is 0 Å². The van der Waals surface area contributed by atoms with Gasteiger partial charge in [-0.05, 0) is 37.4 Å². The lowest BCUT2D eigenvalue weighted by molar-refractivity contribution is -0.385. The quantitative estimate of drug-likeness (QED) is 0.604. The predicted molar refractivity (Wildman–Crippen MR) is 93.4 cm³/mol. The van der Waals surface area contributed by atoms with Gasteiger partial charge in [-0.25, -0.2) is 0 Å². The first-order valence-corrected chi connectivity index (χ1v) is 8.80. The maximum Gasteiger partial charge on any atom is 0.311 e.